The fourth-order valence-corrected chi connectivity index (χ4v) is 3.78. The number of rotatable bonds is 7. The summed E-state index contributed by atoms with van der Waals surface area (Å²) < 4.78 is 31.6. The Morgan fingerprint density at radius 3 is 2.28 bits per heavy atom. The number of nitrogens with zero attached hydrogens (tertiary/aromatic N) is 1. The molecule has 1 aromatic carbocycles. The van der Waals surface area contributed by atoms with Crippen LogP contribution >= 0.6 is 0 Å². The van der Waals surface area contributed by atoms with E-state index in [2.05, 4.69) is 10.6 Å². The van der Waals surface area contributed by atoms with Crippen LogP contribution in [-0.4, -0.2) is 63.9 Å². The molecule has 2 amide bonds. The zero-order valence-electron chi connectivity index (χ0n) is 14.2. The summed E-state index contributed by atoms with van der Waals surface area (Å²) in [5.74, 6) is -0.387. The first-order valence-electron chi connectivity index (χ1n) is 8.12. The Balaban J connectivity index is 1.90. The number of ether oxygens (including phenoxy) is 1. The molecule has 1 fully saturated rings. The Labute approximate surface area is 147 Å². The molecule has 0 saturated carbocycles. The largest absolute Gasteiger partial charge is 0.379 e. The molecule has 2 N–H and O–H groups in total. The van der Waals surface area contributed by atoms with Gasteiger partial charge in [0.1, 0.15) is 0 Å². The normalized spacial score (nSPS) is 15.6. The fraction of sp³-hybridized carbons (Fsp3) is 0.500. The third-order valence-corrected chi connectivity index (χ3v) is 5.65. The molecule has 0 unspecified atom stereocenters. The van der Waals surface area contributed by atoms with Gasteiger partial charge in [-0.3, -0.25) is 9.59 Å². The predicted octanol–water partition coefficient (Wildman–Crippen LogP) is -0.0365. The van der Waals surface area contributed by atoms with Crippen LogP contribution in [0.1, 0.15) is 23.7 Å². The van der Waals surface area contributed by atoms with Gasteiger partial charge in [-0.2, -0.15) is 4.31 Å². The Hall–Kier alpha value is -1.97. The standard InChI is InChI=1S/C16H23N3O5S/c1-13(20)17-7-2-8-18-16(21)14-3-5-15(6-4-14)25(22,23)19-9-11-24-12-10-19/h3-6H,2,7-12H2,1H3,(H,17,20)(H,18,21). The Kier molecular flexibility index (Phi) is 6.91. The first-order valence-corrected chi connectivity index (χ1v) is 9.56. The van der Waals surface area contributed by atoms with Gasteiger partial charge in [0.15, 0.2) is 0 Å². The van der Waals surface area contributed by atoms with E-state index in [1.54, 1.807) is 0 Å². The van der Waals surface area contributed by atoms with Crippen molar-refractivity contribution in [3.63, 3.8) is 0 Å². The zero-order chi connectivity index (χ0) is 18.3. The van der Waals surface area contributed by atoms with E-state index in [0.717, 1.165) is 0 Å². The number of carbonyl (C=O) groups excluding carboxylic acids is 2. The molecule has 1 heterocycles. The van der Waals surface area contributed by atoms with Gasteiger partial charge in [0.2, 0.25) is 15.9 Å². The van der Waals surface area contributed by atoms with Crippen LogP contribution in [0.25, 0.3) is 0 Å². The van der Waals surface area contributed by atoms with Crippen molar-refractivity contribution in [1.29, 1.82) is 0 Å². The molecule has 25 heavy (non-hydrogen) atoms. The molecular formula is C16H23N3O5S. The summed E-state index contributed by atoms with van der Waals surface area (Å²) in [6, 6.07) is 5.88. The highest BCUT2D eigenvalue weighted by atomic mass is 32.2. The molecule has 0 radical (unpaired) electrons. The van der Waals surface area contributed by atoms with E-state index in [4.69, 9.17) is 4.74 Å². The van der Waals surface area contributed by atoms with Gasteiger partial charge in [-0.05, 0) is 30.7 Å². The molecular weight excluding hydrogens is 346 g/mol. The topological polar surface area (TPSA) is 105 Å². The second-order valence-corrected chi connectivity index (χ2v) is 7.57. The minimum absolute atomic E-state index is 0.108. The number of nitrogens with one attached hydrogen (secondary N) is 2. The number of morpholine rings is 1. The van der Waals surface area contributed by atoms with Crippen molar-refractivity contribution < 1.29 is 22.7 Å². The summed E-state index contributed by atoms with van der Waals surface area (Å²) in [7, 11) is -3.56. The highest BCUT2D eigenvalue weighted by Gasteiger charge is 2.26. The number of sulfonamides is 1. The van der Waals surface area contributed by atoms with Crippen molar-refractivity contribution in [2.24, 2.45) is 0 Å². The number of hydrogen-bond acceptors (Lipinski definition) is 5. The monoisotopic (exact) mass is 369 g/mol. The van der Waals surface area contributed by atoms with E-state index in [1.165, 1.54) is 35.5 Å². The van der Waals surface area contributed by atoms with Crippen molar-refractivity contribution in [3.8, 4) is 0 Å². The first-order chi connectivity index (χ1) is 11.9. The Morgan fingerprint density at radius 1 is 1.08 bits per heavy atom. The van der Waals surface area contributed by atoms with Crippen LogP contribution in [0.2, 0.25) is 0 Å². The van der Waals surface area contributed by atoms with Crippen LogP contribution in [0.15, 0.2) is 29.2 Å². The molecule has 0 aromatic heterocycles. The van der Waals surface area contributed by atoms with Crippen molar-refractivity contribution in [2.45, 2.75) is 18.2 Å². The second-order valence-electron chi connectivity index (χ2n) is 5.63. The average Bonchev–Trinajstić information content (AvgIpc) is 2.62. The molecule has 0 bridgehead atoms. The lowest BCUT2D eigenvalue weighted by Gasteiger charge is -2.26. The van der Waals surface area contributed by atoms with E-state index in [9.17, 15) is 18.0 Å². The number of carbonyl (C=O) groups is 2. The maximum Gasteiger partial charge on any atom is 0.251 e. The smallest absolute Gasteiger partial charge is 0.251 e. The van der Waals surface area contributed by atoms with Gasteiger partial charge in [0.05, 0.1) is 18.1 Å². The van der Waals surface area contributed by atoms with Crippen LogP contribution < -0.4 is 10.6 Å². The molecule has 2 rings (SSSR count). The minimum Gasteiger partial charge on any atom is -0.379 e. The van der Waals surface area contributed by atoms with Gasteiger partial charge >= 0.3 is 0 Å². The number of hydrogen-bond donors (Lipinski definition) is 2. The van der Waals surface area contributed by atoms with E-state index in [1.807, 2.05) is 0 Å². The van der Waals surface area contributed by atoms with Crippen molar-refractivity contribution >= 4 is 21.8 Å². The molecule has 1 aliphatic rings. The molecule has 1 aromatic rings. The van der Waals surface area contributed by atoms with Gasteiger partial charge in [0.25, 0.3) is 5.91 Å². The van der Waals surface area contributed by atoms with Crippen molar-refractivity contribution in [3.05, 3.63) is 29.8 Å². The van der Waals surface area contributed by atoms with Crippen LogP contribution in [0, 0.1) is 0 Å². The minimum atomic E-state index is -3.56. The third kappa shape index (κ3) is 5.52. The van der Waals surface area contributed by atoms with E-state index >= 15 is 0 Å². The lowest BCUT2D eigenvalue weighted by Crippen LogP contribution is -2.40. The average molecular weight is 369 g/mol. The summed E-state index contributed by atoms with van der Waals surface area (Å²) in [6.07, 6.45) is 0.620. The molecule has 0 spiro atoms. The molecule has 1 saturated heterocycles. The maximum absolute atomic E-state index is 12.5. The lowest BCUT2D eigenvalue weighted by atomic mass is 10.2. The summed E-state index contributed by atoms with van der Waals surface area (Å²) >= 11 is 0. The Bertz CT molecular complexity index is 697. The molecule has 138 valence electrons. The van der Waals surface area contributed by atoms with Crippen LogP contribution in [0.3, 0.4) is 0 Å². The fourth-order valence-electron chi connectivity index (χ4n) is 2.37. The first kappa shape index (κ1) is 19.4. The Morgan fingerprint density at radius 2 is 1.68 bits per heavy atom. The summed E-state index contributed by atoms with van der Waals surface area (Å²) in [6.45, 7) is 3.79. The second kappa shape index (κ2) is 8.93. The van der Waals surface area contributed by atoms with Gasteiger partial charge in [-0.25, -0.2) is 8.42 Å². The SMILES string of the molecule is CC(=O)NCCCNC(=O)c1ccc(S(=O)(=O)N2CCOCC2)cc1. The molecule has 0 aliphatic carbocycles. The molecule has 0 atom stereocenters. The van der Waals surface area contributed by atoms with Gasteiger partial charge < -0.3 is 15.4 Å². The van der Waals surface area contributed by atoms with Crippen molar-refractivity contribution in [2.75, 3.05) is 39.4 Å². The number of benzene rings is 1. The quantitative estimate of drug-likeness (QED) is 0.657. The van der Waals surface area contributed by atoms with Crippen LogP contribution in [-0.2, 0) is 19.6 Å². The summed E-state index contributed by atoms with van der Waals surface area (Å²) in [4.78, 5) is 22.9. The molecule has 8 nitrogen and oxygen atoms in total. The van der Waals surface area contributed by atoms with Gasteiger partial charge in [0, 0.05) is 38.7 Å². The molecule has 1 aliphatic heterocycles. The van der Waals surface area contributed by atoms with E-state index in [-0.39, 0.29) is 16.7 Å². The van der Waals surface area contributed by atoms with Gasteiger partial charge in [-0.15, -0.1) is 0 Å². The number of amides is 2. The van der Waals surface area contributed by atoms with Crippen molar-refractivity contribution in [1.82, 2.24) is 14.9 Å². The highest BCUT2D eigenvalue weighted by Crippen LogP contribution is 2.17. The predicted molar refractivity (Wildman–Crippen MR) is 91.7 cm³/mol. The summed E-state index contributed by atoms with van der Waals surface area (Å²) in [5.41, 5.74) is 0.389. The molecule has 9 heteroatoms. The lowest BCUT2D eigenvalue weighted by molar-refractivity contribution is -0.118. The highest BCUT2D eigenvalue weighted by molar-refractivity contribution is 7.89. The van der Waals surface area contributed by atoms with Gasteiger partial charge in [-0.1, -0.05) is 0 Å². The van der Waals surface area contributed by atoms with Crippen LogP contribution in [0.5, 0.6) is 0 Å². The van der Waals surface area contributed by atoms with E-state index in [0.29, 0.717) is 51.4 Å². The maximum atomic E-state index is 12.5. The van der Waals surface area contributed by atoms with Crippen LogP contribution in [0.4, 0.5) is 0 Å². The third-order valence-electron chi connectivity index (χ3n) is 3.74. The zero-order valence-corrected chi connectivity index (χ0v) is 15.0. The summed E-state index contributed by atoms with van der Waals surface area (Å²) in [5, 5.41) is 5.37. The van der Waals surface area contributed by atoms with E-state index < -0.39 is 10.0 Å².